The molecule has 0 amide bonds. The molecule has 2 atom stereocenters. The second-order valence-corrected chi connectivity index (χ2v) is 6.53. The van der Waals surface area contributed by atoms with Crippen LogP contribution in [0.3, 0.4) is 0 Å². The van der Waals surface area contributed by atoms with Gasteiger partial charge >= 0.3 is 0 Å². The number of fused-ring (bicyclic) bond motifs is 2. The molecule has 0 aromatic heterocycles. The molecular formula is C16H20N3O2+. The van der Waals surface area contributed by atoms with Crippen molar-refractivity contribution in [1.29, 1.82) is 5.26 Å². The largest absolute Gasteiger partial charge is 0.317 e. The van der Waals surface area contributed by atoms with Gasteiger partial charge in [-0.15, -0.1) is 0 Å². The van der Waals surface area contributed by atoms with E-state index in [9.17, 15) is 10.1 Å². The molecule has 3 rings (SSSR count). The van der Waals surface area contributed by atoms with Crippen molar-refractivity contribution in [3.8, 4) is 6.07 Å². The molecule has 5 heteroatoms. The molecule has 2 aliphatic heterocycles. The maximum absolute atomic E-state index is 11.3. The topological polar surface area (TPSA) is 66.9 Å². The summed E-state index contributed by atoms with van der Waals surface area (Å²) in [5.74, 6) is 0. The highest BCUT2D eigenvalue weighted by molar-refractivity contribution is 5.46. The molecule has 1 aromatic carbocycles. The van der Waals surface area contributed by atoms with Gasteiger partial charge in [-0.05, 0) is 31.4 Å². The van der Waals surface area contributed by atoms with E-state index in [4.69, 9.17) is 5.26 Å². The maximum atomic E-state index is 11.3. The van der Waals surface area contributed by atoms with Gasteiger partial charge in [-0.25, -0.2) is 0 Å². The van der Waals surface area contributed by atoms with Crippen LogP contribution < -0.4 is 0 Å². The van der Waals surface area contributed by atoms with E-state index in [1.807, 2.05) is 0 Å². The van der Waals surface area contributed by atoms with Crippen LogP contribution in [0, 0.1) is 21.4 Å². The molecular weight excluding hydrogens is 266 g/mol. The lowest BCUT2D eigenvalue weighted by molar-refractivity contribution is -0.960. The second-order valence-electron chi connectivity index (χ2n) is 6.53. The summed E-state index contributed by atoms with van der Waals surface area (Å²) in [6.45, 7) is 0.668. The Labute approximate surface area is 124 Å². The van der Waals surface area contributed by atoms with Crippen molar-refractivity contribution in [2.75, 3.05) is 7.05 Å². The third-order valence-corrected chi connectivity index (χ3v) is 5.49. The van der Waals surface area contributed by atoms with Crippen LogP contribution in [0.15, 0.2) is 18.2 Å². The molecule has 21 heavy (non-hydrogen) atoms. The molecule has 0 saturated carbocycles. The Hall–Kier alpha value is -1.93. The lowest BCUT2D eigenvalue weighted by Gasteiger charge is -2.44. The summed E-state index contributed by atoms with van der Waals surface area (Å²) < 4.78 is 0.912. The summed E-state index contributed by atoms with van der Waals surface area (Å²) >= 11 is 0. The van der Waals surface area contributed by atoms with Crippen LogP contribution in [0.1, 0.15) is 43.2 Å². The van der Waals surface area contributed by atoms with Gasteiger partial charge in [0.05, 0.1) is 41.3 Å². The number of benzene rings is 1. The highest BCUT2D eigenvalue weighted by atomic mass is 16.6. The summed E-state index contributed by atoms with van der Waals surface area (Å²) in [5.41, 5.74) is 1.37. The predicted molar refractivity (Wildman–Crippen MR) is 78.4 cm³/mol. The lowest BCUT2D eigenvalue weighted by Crippen LogP contribution is -2.55. The minimum absolute atomic E-state index is 0.151. The Morgan fingerprint density at radius 1 is 1.33 bits per heavy atom. The number of nitro benzene ring substituents is 1. The molecule has 0 N–H and O–H groups in total. The molecule has 1 aromatic rings. The van der Waals surface area contributed by atoms with Crippen molar-refractivity contribution >= 4 is 5.69 Å². The van der Waals surface area contributed by atoms with Crippen LogP contribution in [-0.2, 0) is 6.54 Å². The van der Waals surface area contributed by atoms with E-state index in [2.05, 4.69) is 13.1 Å². The summed E-state index contributed by atoms with van der Waals surface area (Å²) in [5, 5.41) is 20.3. The fourth-order valence-corrected chi connectivity index (χ4v) is 4.33. The van der Waals surface area contributed by atoms with E-state index >= 15 is 0 Å². The van der Waals surface area contributed by atoms with Gasteiger partial charge in [0.15, 0.2) is 0 Å². The predicted octanol–water partition coefficient (Wildman–Crippen LogP) is 3.13. The van der Waals surface area contributed by atoms with E-state index in [1.165, 1.54) is 44.2 Å². The van der Waals surface area contributed by atoms with E-state index in [0.717, 1.165) is 4.48 Å². The van der Waals surface area contributed by atoms with Crippen molar-refractivity contribution in [3.05, 3.63) is 39.4 Å². The minimum atomic E-state index is -0.325. The van der Waals surface area contributed by atoms with Crippen molar-refractivity contribution in [1.82, 2.24) is 0 Å². The summed E-state index contributed by atoms with van der Waals surface area (Å²) in [6, 6.07) is 8.05. The van der Waals surface area contributed by atoms with E-state index in [1.54, 1.807) is 6.07 Å². The zero-order chi connectivity index (χ0) is 15.0. The Morgan fingerprint density at radius 2 is 2.00 bits per heavy atom. The first-order valence-corrected chi connectivity index (χ1v) is 7.57. The van der Waals surface area contributed by atoms with Crippen LogP contribution in [0.5, 0.6) is 0 Å². The average molecular weight is 286 g/mol. The molecule has 2 fully saturated rings. The van der Waals surface area contributed by atoms with Crippen LogP contribution in [0.2, 0.25) is 0 Å². The molecule has 110 valence electrons. The zero-order valence-corrected chi connectivity index (χ0v) is 12.3. The highest BCUT2D eigenvalue weighted by Crippen LogP contribution is 2.43. The van der Waals surface area contributed by atoms with Gasteiger partial charge in [-0.2, -0.15) is 5.26 Å². The third-order valence-electron chi connectivity index (χ3n) is 5.49. The van der Waals surface area contributed by atoms with Crippen molar-refractivity contribution in [2.24, 2.45) is 0 Å². The summed E-state index contributed by atoms with van der Waals surface area (Å²) in [4.78, 5) is 10.9. The minimum Gasteiger partial charge on any atom is -0.317 e. The van der Waals surface area contributed by atoms with E-state index < -0.39 is 0 Å². The zero-order valence-electron chi connectivity index (χ0n) is 12.3. The first-order valence-electron chi connectivity index (χ1n) is 7.57. The first kappa shape index (κ1) is 14.0. The van der Waals surface area contributed by atoms with Gasteiger partial charge in [-0.1, -0.05) is 0 Å². The van der Waals surface area contributed by atoms with Gasteiger partial charge in [0.25, 0.3) is 5.69 Å². The third kappa shape index (κ3) is 2.30. The summed E-state index contributed by atoms with van der Waals surface area (Å²) in [7, 11) is 2.24. The molecule has 0 spiro atoms. The van der Waals surface area contributed by atoms with Gasteiger partial charge in [0.2, 0.25) is 0 Å². The smallest absolute Gasteiger partial charge is 0.278 e. The van der Waals surface area contributed by atoms with Crippen LogP contribution in [-0.4, -0.2) is 28.5 Å². The monoisotopic (exact) mass is 286 g/mol. The van der Waals surface area contributed by atoms with Crippen molar-refractivity contribution < 1.29 is 9.41 Å². The maximum Gasteiger partial charge on any atom is 0.278 e. The fraction of sp³-hybridized carbons (Fsp3) is 0.562. The molecule has 2 saturated heterocycles. The number of quaternary nitrogens is 1. The van der Waals surface area contributed by atoms with Gasteiger partial charge in [0.1, 0.15) is 6.54 Å². The summed E-state index contributed by atoms with van der Waals surface area (Å²) in [6.07, 6.45) is 6.18. The van der Waals surface area contributed by atoms with Crippen LogP contribution in [0.4, 0.5) is 5.69 Å². The fourth-order valence-electron chi connectivity index (χ4n) is 4.33. The number of nitriles is 1. The van der Waals surface area contributed by atoms with Crippen molar-refractivity contribution in [2.45, 2.75) is 50.7 Å². The van der Waals surface area contributed by atoms with Gasteiger partial charge in [-0.3, -0.25) is 10.1 Å². The molecule has 2 aliphatic rings. The number of piperidine rings is 1. The quantitative estimate of drug-likeness (QED) is 0.487. The number of nitro groups is 1. The Bertz CT molecular complexity index is 604. The normalized spacial score (nSPS) is 30.9. The molecule has 2 heterocycles. The standard InChI is InChI=1S/C16H20N3O2/c1-19(14-3-2-4-15(19)7-6-14)11-13-9-12(10-17)5-8-16(13)18(20)21/h5,8-9,14-15H,2-4,6-7,11H2,1H3/q+1. The first-order chi connectivity index (χ1) is 10.0. The van der Waals surface area contributed by atoms with Crippen LogP contribution >= 0.6 is 0 Å². The highest BCUT2D eigenvalue weighted by Gasteiger charge is 2.49. The number of nitrogens with zero attached hydrogens (tertiary/aromatic N) is 3. The Kier molecular flexibility index (Phi) is 3.42. The number of rotatable bonds is 3. The Morgan fingerprint density at radius 3 is 2.57 bits per heavy atom. The molecule has 2 bridgehead atoms. The van der Waals surface area contributed by atoms with Crippen LogP contribution in [0.25, 0.3) is 0 Å². The lowest BCUT2D eigenvalue weighted by atomic mass is 9.97. The number of hydrogen-bond acceptors (Lipinski definition) is 3. The van der Waals surface area contributed by atoms with Crippen molar-refractivity contribution in [3.63, 3.8) is 0 Å². The second kappa shape index (κ2) is 5.12. The SMILES string of the molecule is C[N+]1(Cc2cc(C#N)ccc2[N+](=O)[O-])C2CCCC1CC2. The molecule has 5 nitrogen and oxygen atoms in total. The van der Waals surface area contributed by atoms with E-state index in [0.29, 0.717) is 29.8 Å². The molecule has 0 radical (unpaired) electrons. The van der Waals surface area contributed by atoms with E-state index in [-0.39, 0.29) is 10.6 Å². The Balaban J connectivity index is 1.97. The van der Waals surface area contributed by atoms with Gasteiger partial charge < -0.3 is 4.48 Å². The number of hydrogen-bond donors (Lipinski definition) is 0. The average Bonchev–Trinajstić information content (AvgIpc) is 2.67. The molecule has 2 unspecified atom stereocenters. The van der Waals surface area contributed by atoms with Gasteiger partial charge in [0, 0.05) is 18.9 Å². The molecule has 0 aliphatic carbocycles.